The first-order valence-corrected chi connectivity index (χ1v) is 10.5. The SMILES string of the molecule is COc1cc(OC)c(Cc2ccc(C(=O)NCCCN(C)c3ccccc3)o2)c(OC)c1. The molecule has 0 aliphatic heterocycles. The van der Waals surface area contributed by atoms with Crippen LogP contribution in [0.1, 0.15) is 28.3 Å². The van der Waals surface area contributed by atoms with Crippen LogP contribution in [0, 0.1) is 0 Å². The van der Waals surface area contributed by atoms with E-state index in [1.165, 1.54) is 0 Å². The largest absolute Gasteiger partial charge is 0.496 e. The van der Waals surface area contributed by atoms with Crippen molar-refractivity contribution in [2.24, 2.45) is 0 Å². The maximum absolute atomic E-state index is 12.5. The molecule has 0 unspecified atom stereocenters. The second-order valence-electron chi connectivity index (χ2n) is 7.32. The second-order valence-corrected chi connectivity index (χ2v) is 7.32. The summed E-state index contributed by atoms with van der Waals surface area (Å²) >= 11 is 0. The van der Waals surface area contributed by atoms with Crippen LogP contribution in [0.5, 0.6) is 17.2 Å². The third kappa shape index (κ3) is 5.75. The predicted octanol–water partition coefficient (Wildman–Crippen LogP) is 4.15. The molecule has 3 aromatic rings. The Kier molecular flexibility index (Phi) is 8.02. The van der Waals surface area contributed by atoms with Crippen molar-refractivity contribution >= 4 is 11.6 Å². The van der Waals surface area contributed by atoms with Gasteiger partial charge in [0.05, 0.1) is 21.3 Å². The lowest BCUT2D eigenvalue weighted by atomic mass is 10.1. The van der Waals surface area contributed by atoms with Gasteiger partial charge in [-0.2, -0.15) is 0 Å². The number of amides is 1. The van der Waals surface area contributed by atoms with E-state index in [9.17, 15) is 4.79 Å². The summed E-state index contributed by atoms with van der Waals surface area (Å²) in [5, 5.41) is 2.92. The number of hydrogen-bond acceptors (Lipinski definition) is 6. The number of benzene rings is 2. The van der Waals surface area contributed by atoms with Gasteiger partial charge in [-0.1, -0.05) is 18.2 Å². The molecule has 0 saturated carbocycles. The van der Waals surface area contributed by atoms with Crippen LogP contribution in [0.4, 0.5) is 5.69 Å². The number of nitrogens with zero attached hydrogens (tertiary/aromatic N) is 1. The Bertz CT molecular complexity index is 991. The van der Waals surface area contributed by atoms with E-state index in [1.807, 2.05) is 25.2 Å². The number of nitrogens with one attached hydrogen (secondary N) is 1. The van der Waals surface area contributed by atoms with Crippen LogP contribution in [-0.2, 0) is 6.42 Å². The van der Waals surface area contributed by atoms with Crippen LogP contribution in [0.3, 0.4) is 0 Å². The van der Waals surface area contributed by atoms with E-state index < -0.39 is 0 Å². The number of anilines is 1. The summed E-state index contributed by atoms with van der Waals surface area (Å²) in [6.07, 6.45) is 1.25. The van der Waals surface area contributed by atoms with Crippen molar-refractivity contribution in [1.82, 2.24) is 5.32 Å². The Morgan fingerprint density at radius 2 is 1.66 bits per heavy atom. The molecule has 0 radical (unpaired) electrons. The first-order chi connectivity index (χ1) is 15.5. The van der Waals surface area contributed by atoms with Gasteiger partial charge in [0.25, 0.3) is 5.91 Å². The van der Waals surface area contributed by atoms with E-state index in [2.05, 4.69) is 22.3 Å². The highest BCUT2D eigenvalue weighted by Gasteiger charge is 2.17. The van der Waals surface area contributed by atoms with Crippen molar-refractivity contribution in [3.63, 3.8) is 0 Å². The van der Waals surface area contributed by atoms with E-state index in [1.54, 1.807) is 45.6 Å². The molecule has 0 aliphatic carbocycles. The lowest BCUT2D eigenvalue weighted by Gasteiger charge is -2.19. The summed E-state index contributed by atoms with van der Waals surface area (Å²) in [5.74, 6) is 2.59. The smallest absolute Gasteiger partial charge is 0.286 e. The third-order valence-electron chi connectivity index (χ3n) is 5.21. The number of carbonyl (C=O) groups excluding carboxylic acids is 1. The van der Waals surface area contributed by atoms with Crippen LogP contribution < -0.4 is 24.4 Å². The highest BCUT2D eigenvalue weighted by atomic mass is 16.5. The average molecular weight is 439 g/mol. The number of rotatable bonds is 11. The van der Waals surface area contributed by atoms with Crippen molar-refractivity contribution in [3.8, 4) is 17.2 Å². The van der Waals surface area contributed by atoms with Gasteiger partial charge in [-0.25, -0.2) is 0 Å². The molecule has 1 amide bonds. The van der Waals surface area contributed by atoms with Crippen molar-refractivity contribution in [2.45, 2.75) is 12.8 Å². The maximum Gasteiger partial charge on any atom is 0.286 e. The van der Waals surface area contributed by atoms with Gasteiger partial charge in [0.2, 0.25) is 0 Å². The van der Waals surface area contributed by atoms with Crippen molar-refractivity contribution in [2.75, 3.05) is 46.4 Å². The summed E-state index contributed by atoms with van der Waals surface area (Å²) in [6, 6.07) is 17.2. The van der Waals surface area contributed by atoms with E-state index in [0.29, 0.717) is 36.0 Å². The molecule has 0 atom stereocenters. The van der Waals surface area contributed by atoms with Gasteiger partial charge in [-0.05, 0) is 30.7 Å². The summed E-state index contributed by atoms with van der Waals surface area (Å²) < 4.78 is 22.1. The molecule has 1 N–H and O–H groups in total. The standard InChI is InChI=1S/C25H30N2O5/c1-27(18-9-6-5-7-10-18)14-8-13-26-25(28)22-12-11-19(32-22)15-21-23(30-3)16-20(29-2)17-24(21)31-4/h5-7,9-12,16-17H,8,13-15H2,1-4H3,(H,26,28). The van der Waals surface area contributed by atoms with E-state index in [4.69, 9.17) is 18.6 Å². The highest BCUT2D eigenvalue weighted by molar-refractivity contribution is 5.91. The fourth-order valence-corrected chi connectivity index (χ4v) is 3.44. The molecule has 0 bridgehead atoms. The van der Waals surface area contributed by atoms with E-state index in [-0.39, 0.29) is 11.7 Å². The minimum absolute atomic E-state index is 0.229. The minimum atomic E-state index is -0.229. The van der Waals surface area contributed by atoms with Gasteiger partial charge >= 0.3 is 0 Å². The third-order valence-corrected chi connectivity index (χ3v) is 5.21. The molecule has 7 nitrogen and oxygen atoms in total. The number of para-hydroxylation sites is 1. The molecular weight excluding hydrogens is 408 g/mol. The van der Waals surface area contributed by atoms with Gasteiger partial charge < -0.3 is 28.8 Å². The first kappa shape index (κ1) is 23.1. The number of carbonyl (C=O) groups is 1. The maximum atomic E-state index is 12.5. The van der Waals surface area contributed by atoms with Gasteiger partial charge in [0.1, 0.15) is 23.0 Å². The minimum Gasteiger partial charge on any atom is -0.496 e. The van der Waals surface area contributed by atoms with Crippen LogP contribution in [0.25, 0.3) is 0 Å². The zero-order valence-corrected chi connectivity index (χ0v) is 19.0. The highest BCUT2D eigenvalue weighted by Crippen LogP contribution is 2.35. The molecule has 2 aromatic carbocycles. The van der Waals surface area contributed by atoms with E-state index in [0.717, 1.165) is 24.2 Å². The normalized spacial score (nSPS) is 10.5. The quantitative estimate of drug-likeness (QED) is 0.454. The molecule has 0 aliphatic rings. The fourth-order valence-electron chi connectivity index (χ4n) is 3.44. The molecule has 1 heterocycles. The summed E-state index contributed by atoms with van der Waals surface area (Å²) in [6.45, 7) is 1.40. The van der Waals surface area contributed by atoms with Gasteiger partial charge in [0, 0.05) is 49.9 Å². The van der Waals surface area contributed by atoms with Crippen LogP contribution >= 0.6 is 0 Å². The summed E-state index contributed by atoms with van der Waals surface area (Å²) in [5.41, 5.74) is 1.97. The topological polar surface area (TPSA) is 73.2 Å². The number of hydrogen-bond donors (Lipinski definition) is 1. The molecule has 3 rings (SSSR count). The molecule has 0 fully saturated rings. The van der Waals surface area contributed by atoms with E-state index >= 15 is 0 Å². The monoisotopic (exact) mass is 438 g/mol. The Morgan fingerprint density at radius 1 is 0.969 bits per heavy atom. The summed E-state index contributed by atoms with van der Waals surface area (Å²) in [4.78, 5) is 14.6. The Balaban J connectivity index is 1.56. The molecular formula is C25H30N2O5. The van der Waals surface area contributed by atoms with Crippen LogP contribution in [-0.4, -0.2) is 47.4 Å². The number of ether oxygens (including phenoxy) is 3. The zero-order valence-electron chi connectivity index (χ0n) is 19.0. The van der Waals surface area contributed by atoms with Crippen molar-refractivity contribution in [1.29, 1.82) is 0 Å². The Labute approximate surface area is 188 Å². The molecule has 0 saturated heterocycles. The Morgan fingerprint density at radius 3 is 2.28 bits per heavy atom. The lowest BCUT2D eigenvalue weighted by Crippen LogP contribution is -2.27. The predicted molar refractivity (Wildman–Crippen MR) is 124 cm³/mol. The molecule has 7 heteroatoms. The van der Waals surface area contributed by atoms with Crippen molar-refractivity contribution < 1.29 is 23.4 Å². The average Bonchev–Trinajstić information content (AvgIpc) is 3.30. The Hall–Kier alpha value is -3.61. The van der Waals surface area contributed by atoms with Gasteiger partial charge in [-0.15, -0.1) is 0 Å². The molecule has 32 heavy (non-hydrogen) atoms. The second kappa shape index (κ2) is 11.1. The lowest BCUT2D eigenvalue weighted by molar-refractivity contribution is 0.0924. The van der Waals surface area contributed by atoms with Crippen LogP contribution in [0.15, 0.2) is 59.0 Å². The molecule has 0 spiro atoms. The van der Waals surface area contributed by atoms with Crippen LogP contribution in [0.2, 0.25) is 0 Å². The molecule has 1 aromatic heterocycles. The van der Waals surface area contributed by atoms with Gasteiger partial charge in [0.15, 0.2) is 5.76 Å². The van der Waals surface area contributed by atoms with Gasteiger partial charge in [-0.3, -0.25) is 4.79 Å². The van der Waals surface area contributed by atoms with Crippen molar-refractivity contribution in [3.05, 3.63) is 71.7 Å². The first-order valence-electron chi connectivity index (χ1n) is 10.5. The molecule has 170 valence electrons. The fraction of sp³-hybridized carbons (Fsp3) is 0.320. The number of methoxy groups -OCH3 is 3. The summed E-state index contributed by atoms with van der Waals surface area (Å²) in [7, 11) is 6.81. The zero-order chi connectivity index (χ0) is 22.9. The number of furan rings is 1.